The van der Waals surface area contributed by atoms with Gasteiger partial charge in [-0.05, 0) is 24.5 Å². The Hall–Kier alpha value is -2.90. The quantitative estimate of drug-likeness (QED) is 0.534. The van der Waals surface area contributed by atoms with Crippen LogP contribution in [-0.4, -0.2) is 31.0 Å². The summed E-state index contributed by atoms with van der Waals surface area (Å²) in [5.74, 6) is 0.693. The van der Waals surface area contributed by atoms with Gasteiger partial charge in [-0.1, -0.05) is 32.8 Å². The van der Waals surface area contributed by atoms with Gasteiger partial charge in [-0.15, -0.1) is 0 Å². The van der Waals surface area contributed by atoms with E-state index < -0.39 is 0 Å². The molecule has 3 aromatic heterocycles. The van der Waals surface area contributed by atoms with Gasteiger partial charge < -0.3 is 16.0 Å². The van der Waals surface area contributed by atoms with Crippen LogP contribution >= 0.6 is 0 Å². The van der Waals surface area contributed by atoms with E-state index in [0.29, 0.717) is 23.7 Å². The van der Waals surface area contributed by atoms with Crippen LogP contribution < -0.4 is 16.7 Å². The molecule has 8 heteroatoms. The third-order valence-corrected chi connectivity index (χ3v) is 4.21. The molecule has 0 bridgehead atoms. The predicted octanol–water partition coefficient (Wildman–Crippen LogP) is 2.31. The number of rotatable bonds is 8. The summed E-state index contributed by atoms with van der Waals surface area (Å²) in [6, 6.07) is 3.99. The second-order valence-electron chi connectivity index (χ2n) is 6.34. The first-order chi connectivity index (χ1) is 12.6. The Morgan fingerprint density at radius 1 is 1.23 bits per heavy atom. The second-order valence-corrected chi connectivity index (χ2v) is 6.34. The number of aromatic amines is 1. The number of unbranched alkanes of at least 4 members (excludes halogenated alkanes) is 1. The molecule has 26 heavy (non-hydrogen) atoms. The molecule has 0 fully saturated rings. The number of anilines is 2. The molecule has 0 aliphatic carbocycles. The molecule has 0 unspecified atom stereocenters. The Morgan fingerprint density at radius 3 is 2.77 bits per heavy atom. The van der Waals surface area contributed by atoms with Crippen molar-refractivity contribution in [2.24, 2.45) is 0 Å². The summed E-state index contributed by atoms with van der Waals surface area (Å²) in [7, 11) is 0. The van der Waals surface area contributed by atoms with Crippen LogP contribution in [0.5, 0.6) is 0 Å². The fourth-order valence-electron chi connectivity index (χ4n) is 2.80. The van der Waals surface area contributed by atoms with Crippen LogP contribution in [0.1, 0.15) is 44.4 Å². The Labute approximate surface area is 151 Å². The summed E-state index contributed by atoms with van der Waals surface area (Å²) in [4.78, 5) is 28.3. The van der Waals surface area contributed by atoms with Gasteiger partial charge in [0.15, 0.2) is 11.5 Å². The third-order valence-electron chi connectivity index (χ3n) is 4.21. The van der Waals surface area contributed by atoms with Crippen molar-refractivity contribution in [1.29, 1.82) is 0 Å². The zero-order valence-corrected chi connectivity index (χ0v) is 15.2. The molecular formula is C18H25N7O. The van der Waals surface area contributed by atoms with Crippen molar-refractivity contribution in [3.05, 3.63) is 40.1 Å². The van der Waals surface area contributed by atoms with E-state index in [9.17, 15) is 4.79 Å². The molecule has 3 heterocycles. The van der Waals surface area contributed by atoms with Crippen molar-refractivity contribution >= 4 is 22.9 Å². The van der Waals surface area contributed by atoms with Crippen LogP contribution in [0.2, 0.25) is 0 Å². The number of nitrogens with zero attached hydrogens (tertiary/aromatic N) is 4. The third kappa shape index (κ3) is 3.84. The topological polar surface area (TPSA) is 115 Å². The molecule has 0 aliphatic heterocycles. The normalized spacial score (nSPS) is 11.2. The zero-order valence-electron chi connectivity index (χ0n) is 15.2. The van der Waals surface area contributed by atoms with Gasteiger partial charge in [-0.3, -0.25) is 9.55 Å². The van der Waals surface area contributed by atoms with Gasteiger partial charge in [0.1, 0.15) is 5.52 Å². The lowest BCUT2D eigenvalue weighted by atomic mass is 10.1. The van der Waals surface area contributed by atoms with Crippen LogP contribution in [0.3, 0.4) is 0 Å². The number of nitrogens with two attached hydrogens (primary N) is 1. The predicted molar refractivity (Wildman–Crippen MR) is 103 cm³/mol. The number of hydrogen-bond donors (Lipinski definition) is 3. The summed E-state index contributed by atoms with van der Waals surface area (Å²) in [6.45, 7) is 5.34. The number of aromatic nitrogens is 5. The molecule has 0 radical (unpaired) electrons. The summed E-state index contributed by atoms with van der Waals surface area (Å²) < 4.78 is 1.54. The van der Waals surface area contributed by atoms with Gasteiger partial charge in [-0.2, -0.15) is 9.97 Å². The molecule has 3 aromatic rings. The first-order valence-electron chi connectivity index (χ1n) is 9.06. The average molecular weight is 355 g/mol. The van der Waals surface area contributed by atoms with Crippen molar-refractivity contribution in [3.63, 3.8) is 0 Å². The van der Waals surface area contributed by atoms with Crippen molar-refractivity contribution in [1.82, 2.24) is 24.5 Å². The number of fused-ring (bicyclic) bond motifs is 1. The fraction of sp³-hybridized carbons (Fsp3) is 0.444. The fourth-order valence-corrected chi connectivity index (χ4v) is 2.80. The number of hydrogen-bond acceptors (Lipinski definition) is 6. The maximum absolute atomic E-state index is 12.4. The first-order valence-corrected chi connectivity index (χ1v) is 9.06. The van der Waals surface area contributed by atoms with Gasteiger partial charge in [0.25, 0.3) is 0 Å². The van der Waals surface area contributed by atoms with Crippen molar-refractivity contribution in [2.75, 3.05) is 17.6 Å². The molecule has 0 spiro atoms. The van der Waals surface area contributed by atoms with Gasteiger partial charge in [0.2, 0.25) is 5.95 Å². The lowest BCUT2D eigenvalue weighted by molar-refractivity contribution is 0.753. The highest BCUT2D eigenvalue weighted by molar-refractivity contribution is 5.82. The molecule has 4 N–H and O–H groups in total. The minimum Gasteiger partial charge on any atom is -0.382 e. The van der Waals surface area contributed by atoms with Gasteiger partial charge in [0.05, 0.1) is 12.2 Å². The van der Waals surface area contributed by atoms with Gasteiger partial charge in [0, 0.05) is 12.7 Å². The van der Waals surface area contributed by atoms with E-state index >= 15 is 0 Å². The minimum atomic E-state index is -0.272. The largest absolute Gasteiger partial charge is 0.382 e. The van der Waals surface area contributed by atoms with E-state index in [1.807, 2.05) is 18.3 Å². The van der Waals surface area contributed by atoms with Crippen molar-refractivity contribution in [3.8, 4) is 0 Å². The number of nitrogens with one attached hydrogen (secondary N) is 2. The molecule has 3 rings (SSSR count). The molecule has 0 aromatic carbocycles. The molecular weight excluding hydrogens is 330 g/mol. The van der Waals surface area contributed by atoms with E-state index in [-0.39, 0.29) is 11.5 Å². The Kier molecular flexibility index (Phi) is 5.50. The maximum atomic E-state index is 12.4. The van der Waals surface area contributed by atoms with E-state index in [1.54, 1.807) is 4.57 Å². The van der Waals surface area contributed by atoms with Gasteiger partial charge >= 0.3 is 5.69 Å². The van der Waals surface area contributed by atoms with E-state index in [0.717, 1.165) is 37.9 Å². The molecule has 0 saturated heterocycles. The Balaban J connectivity index is 1.91. The summed E-state index contributed by atoms with van der Waals surface area (Å²) in [5.41, 5.74) is 8.66. The maximum Gasteiger partial charge on any atom is 0.328 e. The Morgan fingerprint density at radius 2 is 2.08 bits per heavy atom. The van der Waals surface area contributed by atoms with Gasteiger partial charge in [-0.25, -0.2) is 4.79 Å². The number of aryl methyl sites for hydroxylation is 1. The number of imidazole rings is 1. The smallest absolute Gasteiger partial charge is 0.328 e. The van der Waals surface area contributed by atoms with E-state index in [2.05, 4.69) is 39.1 Å². The summed E-state index contributed by atoms with van der Waals surface area (Å²) in [5, 5.41) is 3.15. The highest BCUT2D eigenvalue weighted by atomic mass is 16.1. The van der Waals surface area contributed by atoms with Crippen LogP contribution in [0.15, 0.2) is 23.1 Å². The Bertz CT molecular complexity index is 927. The molecule has 138 valence electrons. The second kappa shape index (κ2) is 7.99. The van der Waals surface area contributed by atoms with Crippen LogP contribution in [0.25, 0.3) is 11.2 Å². The molecule has 0 aliphatic rings. The highest BCUT2D eigenvalue weighted by Gasteiger charge is 2.14. The van der Waals surface area contributed by atoms with Crippen molar-refractivity contribution in [2.45, 2.75) is 46.1 Å². The average Bonchev–Trinajstić information content (AvgIpc) is 2.94. The lowest BCUT2D eigenvalue weighted by Gasteiger charge is -2.07. The molecule has 0 atom stereocenters. The minimum absolute atomic E-state index is 0.260. The summed E-state index contributed by atoms with van der Waals surface area (Å²) >= 11 is 0. The number of H-pyrrole nitrogens is 1. The van der Waals surface area contributed by atoms with Crippen LogP contribution in [0.4, 0.5) is 11.8 Å². The number of nitrogen functional groups attached to an aromatic ring is 1. The van der Waals surface area contributed by atoms with Crippen molar-refractivity contribution < 1.29 is 0 Å². The first kappa shape index (κ1) is 17.9. The zero-order chi connectivity index (χ0) is 18.5. The molecule has 8 nitrogen and oxygen atoms in total. The SMILES string of the molecule is CCCCNc1nc(N)c2[nH]c(=O)n(Cc3ccc(CCC)cn3)c2n1. The standard InChI is InChI=1S/C18H25N7O/c1-3-5-9-20-17-23-15(19)14-16(24-17)25(18(26)22-14)11-13-8-7-12(6-4-2)10-21-13/h7-8,10H,3-6,9,11H2,1-2H3,(H,22,26)(H3,19,20,23,24). The highest BCUT2D eigenvalue weighted by Crippen LogP contribution is 2.17. The van der Waals surface area contributed by atoms with Crippen LogP contribution in [0, 0.1) is 0 Å². The summed E-state index contributed by atoms with van der Waals surface area (Å²) in [6.07, 6.45) is 6.01. The van der Waals surface area contributed by atoms with E-state index in [1.165, 1.54) is 5.56 Å². The van der Waals surface area contributed by atoms with E-state index in [4.69, 9.17) is 5.73 Å². The van der Waals surface area contributed by atoms with Crippen LogP contribution in [-0.2, 0) is 13.0 Å². The monoisotopic (exact) mass is 355 g/mol. The lowest BCUT2D eigenvalue weighted by Crippen LogP contribution is -2.18. The molecule has 0 saturated carbocycles. The number of pyridine rings is 1. The molecule has 0 amide bonds.